The van der Waals surface area contributed by atoms with Gasteiger partial charge in [-0.1, -0.05) is 12.1 Å². The van der Waals surface area contributed by atoms with Gasteiger partial charge in [0.25, 0.3) is 0 Å². The van der Waals surface area contributed by atoms with Crippen molar-refractivity contribution in [2.24, 2.45) is 23.2 Å². The summed E-state index contributed by atoms with van der Waals surface area (Å²) < 4.78 is 11.2. The topological polar surface area (TPSA) is 35.5 Å². The molecule has 1 aromatic rings. The summed E-state index contributed by atoms with van der Waals surface area (Å²) in [6.07, 6.45) is 11.3. The van der Waals surface area contributed by atoms with E-state index in [2.05, 4.69) is 0 Å². The summed E-state index contributed by atoms with van der Waals surface area (Å²) in [7, 11) is 0. The molecule has 126 valence electrons. The van der Waals surface area contributed by atoms with Crippen LogP contribution in [0.3, 0.4) is 0 Å². The smallest absolute Gasteiger partial charge is 0.161 e. The van der Waals surface area contributed by atoms with Crippen LogP contribution < -0.4 is 9.47 Å². The summed E-state index contributed by atoms with van der Waals surface area (Å²) in [6.45, 7) is 1.19. The highest BCUT2D eigenvalue weighted by atomic mass is 16.6. The van der Waals surface area contributed by atoms with E-state index in [1.165, 1.54) is 19.3 Å². The zero-order chi connectivity index (χ0) is 16.1. The number of fused-ring (bicyclic) bond motifs is 1. The molecule has 0 unspecified atom stereocenters. The van der Waals surface area contributed by atoms with Crippen molar-refractivity contribution in [1.29, 1.82) is 0 Å². The Morgan fingerprint density at radius 3 is 2.25 bits per heavy atom. The molecule has 0 saturated heterocycles. The predicted octanol–water partition coefficient (Wildman–Crippen LogP) is 4.26. The fourth-order valence-corrected chi connectivity index (χ4v) is 5.92. The number of hydrogen-bond donors (Lipinski definition) is 0. The molecule has 5 aliphatic rings. The largest absolute Gasteiger partial charge is 0.486 e. The summed E-state index contributed by atoms with van der Waals surface area (Å²) in [5.41, 5.74) is 0.969. The molecule has 0 aromatic heterocycles. The Hall–Kier alpha value is -1.77. The number of carbonyl (C=O) groups excluding carboxylic acids is 1. The van der Waals surface area contributed by atoms with Crippen LogP contribution in [-0.4, -0.2) is 19.0 Å². The monoisotopic (exact) mass is 324 g/mol. The summed E-state index contributed by atoms with van der Waals surface area (Å²) >= 11 is 0. The number of benzene rings is 1. The zero-order valence-electron chi connectivity index (χ0n) is 14.0. The molecule has 4 fully saturated rings. The second-order valence-corrected chi connectivity index (χ2v) is 8.30. The molecule has 0 N–H and O–H groups in total. The third kappa shape index (κ3) is 2.37. The highest BCUT2D eigenvalue weighted by molar-refractivity contribution is 5.98. The zero-order valence-corrected chi connectivity index (χ0v) is 14.0. The number of hydrogen-bond acceptors (Lipinski definition) is 3. The minimum atomic E-state index is -0.0426. The Morgan fingerprint density at radius 2 is 1.58 bits per heavy atom. The maximum absolute atomic E-state index is 13.0. The van der Waals surface area contributed by atoms with Gasteiger partial charge in [-0.15, -0.1) is 0 Å². The first-order valence-electron chi connectivity index (χ1n) is 9.32. The number of carbonyl (C=O) groups is 1. The van der Waals surface area contributed by atoms with Crippen molar-refractivity contribution in [3.8, 4) is 11.5 Å². The van der Waals surface area contributed by atoms with Crippen molar-refractivity contribution in [3.63, 3.8) is 0 Å². The van der Waals surface area contributed by atoms with Crippen molar-refractivity contribution in [2.75, 3.05) is 13.2 Å². The van der Waals surface area contributed by atoms with Crippen LogP contribution >= 0.6 is 0 Å². The molecule has 0 atom stereocenters. The molecule has 3 heteroatoms. The van der Waals surface area contributed by atoms with E-state index < -0.39 is 0 Å². The van der Waals surface area contributed by atoms with E-state index in [9.17, 15) is 4.79 Å². The Kier molecular flexibility index (Phi) is 3.26. The van der Waals surface area contributed by atoms with Gasteiger partial charge in [0.05, 0.1) is 0 Å². The molecule has 0 amide bonds. The lowest BCUT2D eigenvalue weighted by Crippen LogP contribution is -2.49. The number of allylic oxidation sites excluding steroid dienone is 1. The minimum Gasteiger partial charge on any atom is -0.486 e. The van der Waals surface area contributed by atoms with Crippen molar-refractivity contribution in [2.45, 2.75) is 38.5 Å². The van der Waals surface area contributed by atoms with Gasteiger partial charge in [0.1, 0.15) is 13.2 Å². The maximum Gasteiger partial charge on any atom is 0.161 e. The third-order valence-electron chi connectivity index (χ3n) is 6.55. The lowest BCUT2D eigenvalue weighted by molar-refractivity contribution is -0.138. The van der Waals surface area contributed by atoms with Gasteiger partial charge in [-0.05, 0) is 80.1 Å². The SMILES string of the molecule is O=C(/C=C/c1ccc2c(c1)OCCO2)C12CC3CC(CC(C3)C1)C2. The summed E-state index contributed by atoms with van der Waals surface area (Å²) in [4.78, 5) is 13.0. The van der Waals surface area contributed by atoms with E-state index in [0.717, 1.165) is 54.1 Å². The minimum absolute atomic E-state index is 0.0426. The van der Waals surface area contributed by atoms with Crippen LogP contribution in [0.5, 0.6) is 11.5 Å². The number of rotatable bonds is 3. The molecule has 3 nitrogen and oxygen atoms in total. The standard InChI is InChI=1S/C21H24O3/c22-20(21-11-15-7-16(12-21)9-17(8-15)13-21)4-2-14-1-3-18-19(10-14)24-6-5-23-18/h1-4,10,15-17H,5-9,11-13H2/b4-2+. The lowest BCUT2D eigenvalue weighted by Gasteiger charge is -2.55. The van der Waals surface area contributed by atoms with Crippen LogP contribution in [0.15, 0.2) is 24.3 Å². The predicted molar refractivity (Wildman–Crippen MR) is 92.1 cm³/mol. The normalized spacial score (nSPS) is 36.2. The van der Waals surface area contributed by atoms with E-state index in [0.29, 0.717) is 19.0 Å². The molecule has 4 aliphatic carbocycles. The summed E-state index contributed by atoms with van der Waals surface area (Å²) in [5, 5.41) is 0. The van der Waals surface area contributed by atoms with Gasteiger partial charge < -0.3 is 9.47 Å². The quantitative estimate of drug-likeness (QED) is 0.780. The second kappa shape index (κ2) is 5.37. The Labute approximate surface area is 143 Å². The molecular formula is C21H24O3. The molecule has 0 spiro atoms. The molecule has 4 saturated carbocycles. The van der Waals surface area contributed by atoms with Gasteiger partial charge in [-0.3, -0.25) is 4.79 Å². The number of ketones is 1. The van der Waals surface area contributed by atoms with Gasteiger partial charge in [0.15, 0.2) is 17.3 Å². The van der Waals surface area contributed by atoms with Gasteiger partial charge in [0, 0.05) is 5.41 Å². The first kappa shape index (κ1) is 14.6. The summed E-state index contributed by atoms with van der Waals surface area (Å²) in [5.74, 6) is 4.36. The molecule has 0 radical (unpaired) electrons. The van der Waals surface area contributed by atoms with Gasteiger partial charge in [-0.2, -0.15) is 0 Å². The van der Waals surface area contributed by atoms with E-state index >= 15 is 0 Å². The molecular weight excluding hydrogens is 300 g/mol. The fourth-order valence-electron chi connectivity index (χ4n) is 5.92. The first-order valence-corrected chi connectivity index (χ1v) is 9.32. The van der Waals surface area contributed by atoms with Crippen molar-refractivity contribution in [1.82, 2.24) is 0 Å². The second-order valence-electron chi connectivity index (χ2n) is 8.30. The van der Waals surface area contributed by atoms with E-state index in [1.54, 1.807) is 0 Å². The average Bonchev–Trinajstić information content (AvgIpc) is 2.58. The fraction of sp³-hybridized carbons (Fsp3) is 0.571. The molecule has 24 heavy (non-hydrogen) atoms. The average molecular weight is 324 g/mol. The maximum atomic E-state index is 13.0. The van der Waals surface area contributed by atoms with Crippen LogP contribution in [0.2, 0.25) is 0 Å². The lowest BCUT2D eigenvalue weighted by atomic mass is 9.48. The van der Waals surface area contributed by atoms with Gasteiger partial charge in [-0.25, -0.2) is 0 Å². The van der Waals surface area contributed by atoms with Gasteiger partial charge >= 0.3 is 0 Å². The van der Waals surface area contributed by atoms with Crippen molar-refractivity contribution < 1.29 is 14.3 Å². The van der Waals surface area contributed by atoms with Crippen LogP contribution in [0, 0.1) is 23.2 Å². The molecule has 1 aliphatic heterocycles. The first-order chi connectivity index (χ1) is 11.7. The highest BCUT2D eigenvalue weighted by Gasteiger charge is 2.53. The Bertz CT molecular complexity index is 668. The van der Waals surface area contributed by atoms with Crippen LogP contribution in [0.1, 0.15) is 44.1 Å². The Morgan fingerprint density at radius 1 is 0.958 bits per heavy atom. The molecule has 1 heterocycles. The highest BCUT2D eigenvalue weighted by Crippen LogP contribution is 2.60. The molecule has 1 aromatic carbocycles. The van der Waals surface area contributed by atoms with Crippen LogP contribution in [0.25, 0.3) is 6.08 Å². The van der Waals surface area contributed by atoms with Crippen molar-refractivity contribution in [3.05, 3.63) is 29.8 Å². The van der Waals surface area contributed by atoms with Crippen molar-refractivity contribution >= 4 is 11.9 Å². The Balaban J connectivity index is 1.36. The van der Waals surface area contributed by atoms with Crippen LogP contribution in [0.4, 0.5) is 0 Å². The third-order valence-corrected chi connectivity index (χ3v) is 6.55. The summed E-state index contributed by atoms with van der Waals surface area (Å²) in [6, 6.07) is 5.90. The number of ether oxygens (including phenoxy) is 2. The van der Waals surface area contributed by atoms with Crippen LogP contribution in [-0.2, 0) is 4.79 Å². The van der Waals surface area contributed by atoms with E-state index in [4.69, 9.17) is 9.47 Å². The van der Waals surface area contributed by atoms with Gasteiger partial charge in [0.2, 0.25) is 0 Å². The molecule has 6 rings (SSSR count). The van der Waals surface area contributed by atoms with E-state index in [1.807, 2.05) is 30.4 Å². The van der Waals surface area contributed by atoms with E-state index in [-0.39, 0.29) is 5.41 Å². The molecule has 4 bridgehead atoms.